The number of aromatic nitrogens is 4. The van der Waals surface area contributed by atoms with E-state index in [4.69, 9.17) is 0 Å². The fourth-order valence-electron chi connectivity index (χ4n) is 2.37. The third kappa shape index (κ3) is 1.14. The van der Waals surface area contributed by atoms with Crippen LogP contribution in [0.2, 0.25) is 0 Å². The van der Waals surface area contributed by atoms with Crippen LogP contribution in [0.15, 0.2) is 30.7 Å². The predicted octanol–water partition coefficient (Wildman–Crippen LogP) is 1.51. The van der Waals surface area contributed by atoms with E-state index in [0.717, 1.165) is 22.3 Å². The minimum Gasteiger partial charge on any atom is -0.345 e. The van der Waals surface area contributed by atoms with Gasteiger partial charge < -0.3 is 4.98 Å². The Balaban J connectivity index is 1.96. The molecule has 0 spiro atoms. The van der Waals surface area contributed by atoms with Gasteiger partial charge in [-0.15, -0.1) is 0 Å². The second-order valence-corrected chi connectivity index (χ2v) is 4.24. The second kappa shape index (κ2) is 3.19. The standard InChI is InChI=1S/C12H9N5O/c18-12-4-7-3-8-9(14-6-13-8)5-10(7)17(12)11-1-2-15-16-11/h1-3,5-6H,4H2,(H,13,14)(H,15,16). The van der Waals surface area contributed by atoms with Crippen molar-refractivity contribution in [2.75, 3.05) is 4.90 Å². The molecule has 0 unspecified atom stereocenters. The fraction of sp³-hybridized carbons (Fsp3) is 0.0833. The van der Waals surface area contributed by atoms with Gasteiger partial charge in [0.15, 0.2) is 5.82 Å². The first-order valence-corrected chi connectivity index (χ1v) is 5.62. The van der Waals surface area contributed by atoms with Crippen molar-refractivity contribution in [1.82, 2.24) is 20.2 Å². The van der Waals surface area contributed by atoms with E-state index in [1.807, 2.05) is 12.1 Å². The Kier molecular flexibility index (Phi) is 1.67. The van der Waals surface area contributed by atoms with Crippen molar-refractivity contribution in [3.05, 3.63) is 36.3 Å². The maximum Gasteiger partial charge on any atom is 0.237 e. The Morgan fingerprint density at radius 3 is 3.11 bits per heavy atom. The number of hydrogen-bond acceptors (Lipinski definition) is 3. The molecule has 0 bridgehead atoms. The molecule has 4 rings (SSSR count). The molecule has 1 aliphatic rings. The van der Waals surface area contributed by atoms with Crippen LogP contribution in [0.5, 0.6) is 0 Å². The number of fused-ring (bicyclic) bond motifs is 2. The van der Waals surface area contributed by atoms with E-state index < -0.39 is 0 Å². The first-order valence-electron chi connectivity index (χ1n) is 5.62. The highest BCUT2D eigenvalue weighted by Gasteiger charge is 2.30. The van der Waals surface area contributed by atoms with Crippen LogP contribution in [0.1, 0.15) is 5.56 Å². The molecule has 3 aromatic rings. The minimum absolute atomic E-state index is 0.0322. The summed E-state index contributed by atoms with van der Waals surface area (Å²) in [6.45, 7) is 0. The molecule has 0 atom stereocenters. The normalized spacial score (nSPS) is 14.4. The van der Waals surface area contributed by atoms with Crippen molar-refractivity contribution in [2.45, 2.75) is 6.42 Å². The number of nitrogens with zero attached hydrogens (tertiary/aromatic N) is 3. The molecule has 0 fully saturated rings. The number of aromatic amines is 2. The van der Waals surface area contributed by atoms with Gasteiger partial charge in [-0.3, -0.25) is 14.8 Å². The number of benzene rings is 1. The summed E-state index contributed by atoms with van der Waals surface area (Å²) < 4.78 is 0. The van der Waals surface area contributed by atoms with E-state index in [-0.39, 0.29) is 5.91 Å². The molecule has 2 aromatic heterocycles. The van der Waals surface area contributed by atoms with Gasteiger partial charge in [0.25, 0.3) is 0 Å². The van der Waals surface area contributed by atoms with Gasteiger partial charge in [-0.2, -0.15) is 5.10 Å². The molecule has 6 heteroatoms. The van der Waals surface area contributed by atoms with Crippen molar-refractivity contribution in [1.29, 1.82) is 0 Å². The Labute approximate surface area is 102 Å². The molecule has 1 aliphatic heterocycles. The summed E-state index contributed by atoms with van der Waals surface area (Å²) in [5.41, 5.74) is 3.67. The smallest absolute Gasteiger partial charge is 0.237 e. The quantitative estimate of drug-likeness (QED) is 0.675. The zero-order valence-electron chi connectivity index (χ0n) is 9.34. The molecular formula is C12H9N5O. The summed E-state index contributed by atoms with van der Waals surface area (Å²) in [5, 5.41) is 6.80. The summed E-state index contributed by atoms with van der Waals surface area (Å²) in [6, 6.07) is 5.67. The number of H-pyrrole nitrogens is 2. The summed E-state index contributed by atoms with van der Waals surface area (Å²) in [4.78, 5) is 21.0. The van der Waals surface area contributed by atoms with Crippen LogP contribution in [-0.2, 0) is 11.2 Å². The lowest BCUT2D eigenvalue weighted by Gasteiger charge is -2.13. The van der Waals surface area contributed by atoms with E-state index in [2.05, 4.69) is 20.2 Å². The van der Waals surface area contributed by atoms with Gasteiger partial charge in [0, 0.05) is 12.3 Å². The van der Waals surface area contributed by atoms with Crippen LogP contribution < -0.4 is 4.90 Å². The maximum absolute atomic E-state index is 12.1. The Hall–Kier alpha value is -2.63. The molecule has 0 aliphatic carbocycles. The Morgan fingerprint density at radius 1 is 1.33 bits per heavy atom. The molecule has 18 heavy (non-hydrogen) atoms. The molecule has 0 radical (unpaired) electrons. The molecule has 0 saturated carbocycles. The third-order valence-electron chi connectivity index (χ3n) is 3.17. The molecule has 2 N–H and O–H groups in total. The lowest BCUT2D eigenvalue weighted by atomic mass is 10.1. The van der Waals surface area contributed by atoms with Gasteiger partial charge in [-0.25, -0.2) is 4.98 Å². The second-order valence-electron chi connectivity index (χ2n) is 4.24. The number of carbonyl (C=O) groups is 1. The molecule has 1 aromatic carbocycles. The summed E-state index contributed by atoms with van der Waals surface area (Å²) in [6.07, 6.45) is 3.75. The molecule has 6 nitrogen and oxygen atoms in total. The third-order valence-corrected chi connectivity index (χ3v) is 3.17. The van der Waals surface area contributed by atoms with E-state index in [1.54, 1.807) is 23.5 Å². The average molecular weight is 239 g/mol. The van der Waals surface area contributed by atoms with E-state index in [1.165, 1.54) is 0 Å². The SMILES string of the molecule is O=C1Cc2cc3nc[nH]c3cc2N1c1cc[nH]n1. The van der Waals surface area contributed by atoms with Crippen molar-refractivity contribution in [3.8, 4) is 0 Å². The van der Waals surface area contributed by atoms with Gasteiger partial charge in [0.05, 0.1) is 29.5 Å². The first-order chi connectivity index (χ1) is 8.83. The van der Waals surface area contributed by atoms with Gasteiger partial charge in [0.2, 0.25) is 5.91 Å². The highest BCUT2D eigenvalue weighted by Crippen LogP contribution is 2.36. The van der Waals surface area contributed by atoms with E-state index in [9.17, 15) is 4.79 Å². The summed E-state index contributed by atoms with van der Waals surface area (Å²) in [7, 11) is 0. The first kappa shape index (κ1) is 9.41. The van der Waals surface area contributed by atoms with Crippen LogP contribution in [0.25, 0.3) is 11.0 Å². The molecule has 1 amide bonds. The lowest BCUT2D eigenvalue weighted by Crippen LogP contribution is -2.21. The van der Waals surface area contributed by atoms with Crippen LogP contribution >= 0.6 is 0 Å². The number of imidazole rings is 1. The monoisotopic (exact) mass is 239 g/mol. The van der Waals surface area contributed by atoms with E-state index in [0.29, 0.717) is 12.2 Å². The number of hydrogen-bond donors (Lipinski definition) is 2. The maximum atomic E-state index is 12.1. The minimum atomic E-state index is 0.0322. The average Bonchev–Trinajstić information content (AvgIpc) is 3.02. The molecule has 3 heterocycles. The lowest BCUT2D eigenvalue weighted by molar-refractivity contribution is -0.116. The van der Waals surface area contributed by atoms with Gasteiger partial charge in [-0.05, 0) is 17.7 Å². The van der Waals surface area contributed by atoms with Crippen molar-refractivity contribution >= 4 is 28.4 Å². The number of nitrogens with one attached hydrogen (secondary N) is 2. The largest absolute Gasteiger partial charge is 0.345 e. The predicted molar refractivity (Wildman–Crippen MR) is 65.5 cm³/mol. The molecule has 88 valence electrons. The Morgan fingerprint density at radius 2 is 2.28 bits per heavy atom. The zero-order chi connectivity index (χ0) is 12.1. The summed E-state index contributed by atoms with van der Waals surface area (Å²) in [5.74, 6) is 0.655. The zero-order valence-corrected chi connectivity index (χ0v) is 9.34. The van der Waals surface area contributed by atoms with E-state index >= 15 is 0 Å². The number of amides is 1. The molecular weight excluding hydrogens is 230 g/mol. The number of anilines is 2. The van der Waals surface area contributed by atoms with Gasteiger partial charge in [0.1, 0.15) is 0 Å². The Bertz CT molecular complexity index is 743. The van der Waals surface area contributed by atoms with Crippen LogP contribution in [0, 0.1) is 0 Å². The van der Waals surface area contributed by atoms with Crippen LogP contribution in [0.4, 0.5) is 11.5 Å². The highest BCUT2D eigenvalue weighted by atomic mass is 16.2. The highest BCUT2D eigenvalue weighted by molar-refractivity contribution is 6.08. The van der Waals surface area contributed by atoms with Gasteiger partial charge in [-0.1, -0.05) is 0 Å². The fourth-order valence-corrected chi connectivity index (χ4v) is 2.37. The molecule has 0 saturated heterocycles. The number of carbonyl (C=O) groups excluding carboxylic acids is 1. The topological polar surface area (TPSA) is 77.7 Å². The van der Waals surface area contributed by atoms with Crippen molar-refractivity contribution in [2.24, 2.45) is 0 Å². The van der Waals surface area contributed by atoms with Crippen molar-refractivity contribution < 1.29 is 4.79 Å². The van der Waals surface area contributed by atoms with Crippen molar-refractivity contribution in [3.63, 3.8) is 0 Å². The van der Waals surface area contributed by atoms with Crippen LogP contribution in [0.3, 0.4) is 0 Å². The number of rotatable bonds is 1. The summed E-state index contributed by atoms with van der Waals surface area (Å²) >= 11 is 0. The van der Waals surface area contributed by atoms with Gasteiger partial charge >= 0.3 is 0 Å². The van der Waals surface area contributed by atoms with Crippen LogP contribution in [-0.4, -0.2) is 26.1 Å².